The van der Waals surface area contributed by atoms with Gasteiger partial charge in [-0.2, -0.15) is 0 Å². The van der Waals surface area contributed by atoms with Crippen molar-refractivity contribution in [3.8, 4) is 22.3 Å². The predicted molar refractivity (Wildman–Crippen MR) is 362 cm³/mol. The topological polar surface area (TPSA) is 19.6 Å². The average molecular weight is 1120 g/mol. The summed E-state index contributed by atoms with van der Waals surface area (Å²) in [6.45, 7) is 13.8. The second-order valence-corrected chi connectivity index (χ2v) is 26.8. The lowest BCUT2D eigenvalue weighted by Crippen LogP contribution is -2.27. The monoisotopic (exact) mass is 1110 g/mol. The maximum atomic E-state index is 7.65. The number of rotatable bonds is 8. The third kappa shape index (κ3) is 7.98. The van der Waals surface area contributed by atoms with Gasteiger partial charge in [0.05, 0.1) is 22.2 Å². The molecule has 10 aromatic carbocycles. The van der Waals surface area contributed by atoms with Gasteiger partial charge in [0.1, 0.15) is 11.2 Å². The summed E-state index contributed by atoms with van der Waals surface area (Å²) in [7, 11) is 0. The molecule has 85 heavy (non-hydrogen) atoms. The molecule has 0 aliphatic heterocycles. The van der Waals surface area contributed by atoms with Crippen LogP contribution in [0.2, 0.25) is 0 Å². The van der Waals surface area contributed by atoms with E-state index in [1.165, 1.54) is 98.1 Å². The molecule has 16 rings (SSSR count). The van der Waals surface area contributed by atoms with Gasteiger partial charge in [-0.1, -0.05) is 211 Å². The zero-order chi connectivity index (χ0) is 57.3. The maximum absolute atomic E-state index is 7.65. The summed E-state index contributed by atoms with van der Waals surface area (Å²) in [4.78, 5) is 5.08. The Morgan fingerprint density at radius 2 is 0.976 bits per heavy atom. The van der Waals surface area contributed by atoms with Gasteiger partial charge in [0.15, 0.2) is 0 Å². The molecule has 1 unspecified atom stereocenters. The Hall–Kier alpha value is -9.22. The van der Waals surface area contributed by atoms with Gasteiger partial charge in [0.25, 0.3) is 0 Å². The summed E-state index contributed by atoms with van der Waals surface area (Å²) in [6, 6.07) is 80.4. The quantitative estimate of drug-likeness (QED) is 0.151. The highest BCUT2D eigenvalue weighted by Crippen LogP contribution is 2.69. The van der Waals surface area contributed by atoms with Crippen molar-refractivity contribution >= 4 is 98.7 Å². The van der Waals surface area contributed by atoms with Gasteiger partial charge < -0.3 is 14.2 Å². The van der Waals surface area contributed by atoms with Crippen molar-refractivity contribution in [1.29, 1.82) is 0 Å². The summed E-state index contributed by atoms with van der Waals surface area (Å²) in [5.74, 6) is 0. The molecule has 3 nitrogen and oxygen atoms in total. The summed E-state index contributed by atoms with van der Waals surface area (Å²) in [6.07, 6.45) is 16.2. The lowest BCUT2D eigenvalue weighted by Gasteiger charge is -2.34. The number of hydrogen-bond acceptors (Lipinski definition) is 4. The van der Waals surface area contributed by atoms with Crippen LogP contribution in [0.15, 0.2) is 253 Å². The lowest BCUT2D eigenvalue weighted by atomic mass is 9.69. The van der Waals surface area contributed by atoms with Gasteiger partial charge >= 0.3 is 0 Å². The Kier molecular flexibility index (Phi) is 11.7. The van der Waals surface area contributed by atoms with E-state index in [-0.39, 0.29) is 10.8 Å². The molecule has 0 amide bonds. The van der Waals surface area contributed by atoms with Crippen LogP contribution in [0, 0.1) is 0 Å². The summed E-state index contributed by atoms with van der Waals surface area (Å²) < 4.78 is 10.2. The van der Waals surface area contributed by atoms with E-state index in [1.807, 2.05) is 11.3 Å². The summed E-state index contributed by atoms with van der Waals surface area (Å²) >= 11 is 1.92. The van der Waals surface area contributed by atoms with Crippen LogP contribution in [0.4, 0.5) is 34.1 Å². The van der Waals surface area contributed by atoms with Crippen LogP contribution in [0.25, 0.3) is 75.5 Å². The highest BCUT2D eigenvalue weighted by atomic mass is 32.1. The van der Waals surface area contributed by atoms with Crippen molar-refractivity contribution in [2.45, 2.75) is 83.5 Å². The molecule has 1 atom stereocenters. The minimum Gasteiger partial charge on any atom is -0.455 e. The second kappa shape index (κ2) is 19.4. The molecule has 412 valence electrons. The first kappa shape index (κ1) is 51.4. The fourth-order valence-corrected chi connectivity index (χ4v) is 15.8. The fourth-order valence-electron chi connectivity index (χ4n) is 14.5. The van der Waals surface area contributed by atoms with Crippen LogP contribution in [-0.4, -0.2) is 0 Å². The molecular formula is C81H66N2OS. The van der Waals surface area contributed by atoms with Crippen LogP contribution in [0.5, 0.6) is 0 Å². The van der Waals surface area contributed by atoms with Crippen molar-refractivity contribution in [3.05, 3.63) is 287 Å². The zero-order valence-electron chi connectivity index (χ0n) is 49.1. The molecule has 0 fully saturated rings. The molecule has 0 N–H and O–H groups in total. The van der Waals surface area contributed by atoms with E-state index in [9.17, 15) is 0 Å². The van der Waals surface area contributed by atoms with Gasteiger partial charge in [-0.3, -0.25) is 0 Å². The first-order chi connectivity index (χ1) is 41.4. The number of fused-ring (bicyclic) bond motifs is 18. The normalized spacial score (nSPS) is 16.1. The van der Waals surface area contributed by atoms with Crippen LogP contribution >= 0.6 is 11.3 Å². The van der Waals surface area contributed by atoms with Gasteiger partial charge in [0.2, 0.25) is 0 Å². The molecule has 2 aromatic heterocycles. The standard InChI is InChI=1S/C81H66N2OS/c1-79(2,3)55-37-45-59(46-38-55)82(57-41-33-53(34-42-57)51-21-9-7-10-22-51)69-49-67-75(77-73(69)63-27-15-19-31-71(63)84-77)76-68(81(67)65-29-17-13-25-61(65)62-26-14-18-30-66(62)81)50-70(74-64-28-16-20-32-72(64)85-78(74)76)83(60-47-39-56(40-48-60)80(4,5)6)58-43-35-54(36-44-58)52-23-11-8-12-24-52/h8-9,11-13,15-17,19-50H,7,10,14,18H2,1-6H3. The third-order valence-electron chi connectivity index (χ3n) is 18.6. The molecule has 0 saturated carbocycles. The third-order valence-corrected chi connectivity index (χ3v) is 19.8. The number of benzene rings is 10. The molecule has 1 spiro atoms. The number of thiophene rings is 1. The molecular weight excluding hydrogens is 1050 g/mol. The first-order valence-corrected chi connectivity index (χ1v) is 31.2. The van der Waals surface area contributed by atoms with Crippen LogP contribution in [0.1, 0.15) is 106 Å². The maximum Gasteiger partial charge on any atom is 0.145 e. The molecule has 0 saturated heterocycles. The van der Waals surface area contributed by atoms with E-state index in [1.54, 1.807) is 0 Å². The van der Waals surface area contributed by atoms with Crippen LogP contribution < -0.4 is 9.80 Å². The van der Waals surface area contributed by atoms with E-state index in [4.69, 9.17) is 4.42 Å². The largest absolute Gasteiger partial charge is 0.455 e. The van der Waals surface area contributed by atoms with Crippen molar-refractivity contribution in [1.82, 2.24) is 0 Å². The number of allylic oxidation sites excluding steroid dienone is 8. The predicted octanol–water partition coefficient (Wildman–Crippen LogP) is 23.3. The number of furan rings is 1. The van der Waals surface area contributed by atoms with Gasteiger partial charge in [-0.25, -0.2) is 0 Å². The van der Waals surface area contributed by atoms with Crippen LogP contribution in [0.3, 0.4) is 0 Å². The van der Waals surface area contributed by atoms with Crippen molar-refractivity contribution in [2.24, 2.45) is 0 Å². The number of anilines is 6. The van der Waals surface area contributed by atoms with Gasteiger partial charge in [-0.15, -0.1) is 11.3 Å². The summed E-state index contributed by atoms with van der Waals surface area (Å²) in [5.41, 5.74) is 25.5. The van der Waals surface area contributed by atoms with Crippen LogP contribution in [-0.2, 0) is 16.2 Å². The molecule has 12 aromatic rings. The van der Waals surface area contributed by atoms with E-state index in [0.29, 0.717) is 0 Å². The minimum absolute atomic E-state index is 0.0157. The zero-order valence-corrected chi connectivity index (χ0v) is 49.9. The smallest absolute Gasteiger partial charge is 0.145 e. The Morgan fingerprint density at radius 1 is 0.447 bits per heavy atom. The van der Waals surface area contributed by atoms with Crippen molar-refractivity contribution < 1.29 is 4.42 Å². The molecule has 4 heteroatoms. The van der Waals surface area contributed by atoms with E-state index in [0.717, 1.165) is 81.7 Å². The molecule has 4 aliphatic rings. The Labute approximate surface area is 502 Å². The SMILES string of the molecule is CC(C)(C)c1ccc(N(c2ccc(C3=CCCC=C3)cc2)c2cc3c(c4oc5ccccc5c24)-c2c(cc(N(c4ccc(-c5ccccc5)cc4)c4ccc(C(C)(C)C)cc4)c4c2sc2ccccc24)C32C3=CCCC=C3c3ccccc32)cc1. The number of nitrogens with zero attached hydrogens (tertiary/aromatic N) is 2. The lowest BCUT2D eigenvalue weighted by molar-refractivity contribution is 0.590. The number of para-hydroxylation sites is 1. The minimum atomic E-state index is -0.723. The Balaban J connectivity index is 1.04. The molecule has 4 aliphatic carbocycles. The highest BCUT2D eigenvalue weighted by Gasteiger charge is 2.56. The van der Waals surface area contributed by atoms with Crippen molar-refractivity contribution in [2.75, 3.05) is 9.80 Å². The molecule has 0 radical (unpaired) electrons. The van der Waals surface area contributed by atoms with E-state index in [2.05, 4.69) is 294 Å². The van der Waals surface area contributed by atoms with E-state index >= 15 is 0 Å². The Bertz CT molecular complexity index is 4800. The fraction of sp³-hybridized carbons (Fsp3) is 0.160. The van der Waals surface area contributed by atoms with Gasteiger partial charge in [-0.05, 0) is 176 Å². The van der Waals surface area contributed by atoms with Crippen molar-refractivity contribution in [3.63, 3.8) is 0 Å². The highest BCUT2D eigenvalue weighted by molar-refractivity contribution is 7.26. The Morgan fingerprint density at radius 3 is 1.62 bits per heavy atom. The molecule has 0 bridgehead atoms. The van der Waals surface area contributed by atoms with E-state index < -0.39 is 5.41 Å². The average Bonchev–Trinajstić information content (AvgIpc) is 1.50. The first-order valence-electron chi connectivity index (χ1n) is 30.4. The summed E-state index contributed by atoms with van der Waals surface area (Å²) in [5, 5.41) is 4.69. The number of hydrogen-bond donors (Lipinski definition) is 0. The molecule has 2 heterocycles. The second-order valence-electron chi connectivity index (χ2n) is 25.7. The van der Waals surface area contributed by atoms with Gasteiger partial charge in [0, 0.05) is 59.4 Å².